The topological polar surface area (TPSA) is 35.6 Å². The van der Waals surface area contributed by atoms with Crippen molar-refractivity contribution in [3.63, 3.8) is 0 Å². The van der Waals surface area contributed by atoms with Crippen molar-refractivity contribution in [3.05, 3.63) is 36.8 Å². The van der Waals surface area contributed by atoms with E-state index >= 15 is 0 Å². The van der Waals surface area contributed by atoms with Crippen LogP contribution in [0.5, 0.6) is 0 Å². The number of nitrogens with zero attached hydrogens (tertiary/aromatic N) is 4. The summed E-state index contributed by atoms with van der Waals surface area (Å²) in [6, 6.07) is 8.37. The highest BCUT2D eigenvalue weighted by atomic mass is 15.3. The quantitative estimate of drug-likeness (QED) is 0.618. The molecule has 2 heterocycles. The number of fused-ring (bicyclic) bond motifs is 1. The molecule has 0 bridgehead atoms. The van der Waals surface area contributed by atoms with Crippen LogP contribution in [0.1, 0.15) is 0 Å². The van der Waals surface area contributed by atoms with Gasteiger partial charge in [0.2, 0.25) is 0 Å². The Kier molecular flexibility index (Phi) is 1.83. The zero-order valence-electron chi connectivity index (χ0n) is 9.25. The number of hydrogen-bond donors (Lipinski definition) is 0. The molecule has 0 fully saturated rings. The van der Waals surface area contributed by atoms with E-state index in [0.29, 0.717) is 0 Å². The minimum atomic E-state index is 0.772. The van der Waals surface area contributed by atoms with Crippen LogP contribution in [0.2, 0.25) is 0 Å². The summed E-state index contributed by atoms with van der Waals surface area (Å²) < 4.78 is 3.81. The van der Waals surface area contributed by atoms with Crippen LogP contribution in [0.4, 0.5) is 0 Å². The summed E-state index contributed by atoms with van der Waals surface area (Å²) in [5.74, 6) is 0.772. The second kappa shape index (κ2) is 3.20. The summed E-state index contributed by atoms with van der Waals surface area (Å²) in [7, 11) is 3.92. The molecule has 4 nitrogen and oxygen atoms in total. The molecule has 0 aliphatic carbocycles. The van der Waals surface area contributed by atoms with Gasteiger partial charge in [-0.15, -0.1) is 0 Å². The van der Waals surface area contributed by atoms with E-state index in [-0.39, 0.29) is 0 Å². The molecule has 0 saturated carbocycles. The highest BCUT2D eigenvalue weighted by Crippen LogP contribution is 2.21. The van der Waals surface area contributed by atoms with E-state index in [1.807, 2.05) is 14.1 Å². The lowest BCUT2D eigenvalue weighted by molar-refractivity contribution is 0.768. The first-order valence-electron chi connectivity index (χ1n) is 5.15. The van der Waals surface area contributed by atoms with Crippen LogP contribution >= 0.6 is 0 Å². The fraction of sp³-hybridized carbons (Fsp3) is 0.167. The zero-order valence-corrected chi connectivity index (χ0v) is 9.25. The number of aryl methyl sites for hydroxylation is 2. The lowest BCUT2D eigenvalue weighted by Crippen LogP contribution is -1.88. The van der Waals surface area contributed by atoms with E-state index in [9.17, 15) is 0 Å². The van der Waals surface area contributed by atoms with Crippen LogP contribution < -0.4 is 0 Å². The first kappa shape index (κ1) is 9.15. The van der Waals surface area contributed by atoms with Crippen molar-refractivity contribution in [1.82, 2.24) is 19.3 Å². The fourth-order valence-corrected chi connectivity index (χ4v) is 1.89. The molecule has 0 atom stereocenters. The van der Waals surface area contributed by atoms with Crippen LogP contribution in [0.25, 0.3) is 22.3 Å². The molecule has 0 saturated heterocycles. The summed E-state index contributed by atoms with van der Waals surface area (Å²) in [4.78, 5) is 4.24. The van der Waals surface area contributed by atoms with Crippen molar-refractivity contribution >= 4 is 10.9 Å². The molecule has 80 valence electrons. The molecule has 0 N–H and O–H groups in total. The van der Waals surface area contributed by atoms with E-state index in [2.05, 4.69) is 45.1 Å². The molecule has 0 aliphatic heterocycles. The molecule has 16 heavy (non-hydrogen) atoms. The van der Waals surface area contributed by atoms with Crippen molar-refractivity contribution in [2.75, 3.05) is 0 Å². The van der Waals surface area contributed by atoms with E-state index in [1.54, 1.807) is 11.0 Å². The molecule has 0 unspecified atom stereocenters. The second-order valence-electron chi connectivity index (χ2n) is 3.94. The van der Waals surface area contributed by atoms with E-state index in [0.717, 1.165) is 11.4 Å². The number of benzene rings is 1. The molecule has 3 aromatic rings. The molecule has 0 amide bonds. The minimum Gasteiger partial charge on any atom is -0.351 e. The minimum absolute atomic E-state index is 0.772. The van der Waals surface area contributed by atoms with Gasteiger partial charge in [-0.1, -0.05) is 0 Å². The van der Waals surface area contributed by atoms with Gasteiger partial charge in [0.15, 0.2) is 5.82 Å². The van der Waals surface area contributed by atoms with Crippen molar-refractivity contribution < 1.29 is 0 Å². The molecular formula is C12H12N4. The van der Waals surface area contributed by atoms with Gasteiger partial charge in [-0.3, -0.25) is 4.68 Å². The lowest BCUT2D eigenvalue weighted by Gasteiger charge is -1.98. The van der Waals surface area contributed by atoms with Gasteiger partial charge < -0.3 is 4.57 Å². The Bertz CT molecular complexity index is 648. The maximum atomic E-state index is 4.29. The molecule has 0 spiro atoms. The molecule has 0 aliphatic rings. The summed E-state index contributed by atoms with van der Waals surface area (Å²) >= 11 is 0. The van der Waals surface area contributed by atoms with Gasteiger partial charge in [-0.2, -0.15) is 5.10 Å². The number of rotatable bonds is 1. The van der Waals surface area contributed by atoms with Crippen LogP contribution in [0.3, 0.4) is 0 Å². The third-order valence-electron chi connectivity index (χ3n) is 2.74. The smallest absolute Gasteiger partial charge is 0.181 e. The van der Waals surface area contributed by atoms with Gasteiger partial charge in [0.25, 0.3) is 0 Å². The highest BCUT2D eigenvalue weighted by molar-refractivity contribution is 5.84. The summed E-state index contributed by atoms with van der Waals surface area (Å²) in [6.07, 6.45) is 3.77. The van der Waals surface area contributed by atoms with Crippen molar-refractivity contribution in [3.8, 4) is 11.4 Å². The van der Waals surface area contributed by atoms with E-state index < -0.39 is 0 Å². The highest BCUT2D eigenvalue weighted by Gasteiger charge is 2.05. The van der Waals surface area contributed by atoms with E-state index in [1.165, 1.54) is 10.9 Å². The van der Waals surface area contributed by atoms with Gasteiger partial charge >= 0.3 is 0 Å². The molecule has 0 radical (unpaired) electrons. The third kappa shape index (κ3) is 1.31. The predicted octanol–water partition coefficient (Wildman–Crippen LogP) is 1.97. The largest absolute Gasteiger partial charge is 0.351 e. The maximum absolute atomic E-state index is 4.29. The van der Waals surface area contributed by atoms with Crippen LogP contribution in [-0.2, 0) is 14.1 Å². The Morgan fingerprint density at radius 2 is 2.00 bits per heavy atom. The van der Waals surface area contributed by atoms with Crippen LogP contribution in [-0.4, -0.2) is 19.3 Å². The van der Waals surface area contributed by atoms with Crippen LogP contribution in [0.15, 0.2) is 36.8 Å². The summed E-state index contributed by atoms with van der Waals surface area (Å²) in [5, 5.41) is 5.51. The molecule has 2 aromatic heterocycles. The monoisotopic (exact) mass is 212 g/mol. The number of aromatic nitrogens is 4. The Morgan fingerprint density at radius 3 is 2.75 bits per heavy atom. The van der Waals surface area contributed by atoms with Crippen LogP contribution in [0, 0.1) is 0 Å². The fourth-order valence-electron chi connectivity index (χ4n) is 1.89. The van der Waals surface area contributed by atoms with Crippen molar-refractivity contribution in [1.29, 1.82) is 0 Å². The molecular weight excluding hydrogens is 200 g/mol. The second-order valence-corrected chi connectivity index (χ2v) is 3.94. The first-order valence-corrected chi connectivity index (χ1v) is 5.15. The predicted molar refractivity (Wildman–Crippen MR) is 62.9 cm³/mol. The normalized spacial score (nSPS) is 11.1. The maximum Gasteiger partial charge on any atom is 0.181 e. The average molecular weight is 212 g/mol. The Labute approximate surface area is 93.1 Å². The first-order chi connectivity index (χ1) is 7.74. The SMILES string of the molecule is Cn1cnc(-c2ccc3c(ccn3C)c2)n1. The summed E-state index contributed by atoms with van der Waals surface area (Å²) in [5.41, 5.74) is 2.28. The molecule has 3 rings (SSSR count). The molecule has 1 aromatic carbocycles. The van der Waals surface area contributed by atoms with Crippen molar-refractivity contribution in [2.24, 2.45) is 14.1 Å². The standard InChI is InChI=1S/C12H12N4/c1-15-6-5-9-7-10(3-4-11(9)15)12-13-8-16(2)14-12/h3-8H,1-2H3. The lowest BCUT2D eigenvalue weighted by atomic mass is 10.1. The average Bonchev–Trinajstić information content (AvgIpc) is 2.86. The van der Waals surface area contributed by atoms with Gasteiger partial charge in [0.05, 0.1) is 0 Å². The Balaban J connectivity index is 2.18. The molecule has 4 heteroatoms. The number of hydrogen-bond acceptors (Lipinski definition) is 2. The van der Waals surface area contributed by atoms with Gasteiger partial charge in [-0.25, -0.2) is 4.98 Å². The third-order valence-corrected chi connectivity index (χ3v) is 2.74. The summed E-state index contributed by atoms with van der Waals surface area (Å²) in [6.45, 7) is 0. The van der Waals surface area contributed by atoms with E-state index in [4.69, 9.17) is 0 Å². The Hall–Kier alpha value is -2.10. The van der Waals surface area contributed by atoms with Crippen molar-refractivity contribution in [2.45, 2.75) is 0 Å². The van der Waals surface area contributed by atoms with Gasteiger partial charge in [0.1, 0.15) is 6.33 Å². The van der Waals surface area contributed by atoms with Gasteiger partial charge in [0, 0.05) is 36.8 Å². The zero-order chi connectivity index (χ0) is 11.1. The Morgan fingerprint density at radius 1 is 1.12 bits per heavy atom. The van der Waals surface area contributed by atoms with Gasteiger partial charge in [-0.05, 0) is 24.3 Å².